The Kier molecular flexibility index (Phi) is 2.71. The minimum absolute atomic E-state index is 0.495. The molecule has 1 saturated carbocycles. The van der Waals surface area contributed by atoms with Gasteiger partial charge in [-0.2, -0.15) is 0 Å². The van der Waals surface area contributed by atoms with Crippen molar-refractivity contribution in [3.63, 3.8) is 0 Å². The second kappa shape index (κ2) is 4.32. The van der Waals surface area contributed by atoms with Crippen LogP contribution in [-0.2, 0) is 0 Å². The van der Waals surface area contributed by atoms with Crippen molar-refractivity contribution >= 4 is 0 Å². The average molecular weight is 256 g/mol. The first-order valence-corrected chi connectivity index (χ1v) is 7.82. The van der Waals surface area contributed by atoms with Crippen LogP contribution in [0, 0.1) is 0 Å². The highest BCUT2D eigenvalue weighted by Gasteiger charge is 2.50. The van der Waals surface area contributed by atoms with Gasteiger partial charge in [0.15, 0.2) is 0 Å². The number of benzene rings is 1. The minimum Gasteiger partial charge on any atom is -0.297 e. The Hall–Kier alpha value is -0.860. The van der Waals surface area contributed by atoms with Crippen LogP contribution >= 0.6 is 0 Å². The molecule has 0 N–H and O–H groups in total. The maximum Gasteiger partial charge on any atom is 0.0481 e. The fraction of sp³-hybridized carbons (Fsp3) is 0.647. The van der Waals surface area contributed by atoms with E-state index in [2.05, 4.69) is 47.1 Å². The smallest absolute Gasteiger partial charge is 0.0481 e. The number of hydrogen-bond donors (Lipinski definition) is 0. The van der Waals surface area contributed by atoms with E-state index in [0.29, 0.717) is 11.6 Å². The van der Waals surface area contributed by atoms with Crippen molar-refractivity contribution in [3.05, 3.63) is 35.9 Å². The van der Waals surface area contributed by atoms with Crippen LogP contribution in [0.25, 0.3) is 0 Å². The van der Waals surface area contributed by atoms with E-state index >= 15 is 0 Å². The summed E-state index contributed by atoms with van der Waals surface area (Å²) in [6.07, 6.45) is 5.59. The van der Waals surface area contributed by atoms with E-state index in [4.69, 9.17) is 0 Å². The highest BCUT2D eigenvalue weighted by Crippen LogP contribution is 2.48. The van der Waals surface area contributed by atoms with Gasteiger partial charge in [0.25, 0.3) is 0 Å². The molecule has 0 amide bonds. The lowest BCUT2D eigenvalue weighted by molar-refractivity contribution is 0.0148. The second-order valence-electron chi connectivity index (χ2n) is 6.87. The maximum atomic E-state index is 2.83. The van der Waals surface area contributed by atoms with E-state index in [1.165, 1.54) is 50.9 Å². The molecular weight excluding hydrogens is 232 g/mol. The first-order valence-electron chi connectivity index (χ1n) is 7.82. The van der Waals surface area contributed by atoms with Crippen molar-refractivity contribution in [2.75, 3.05) is 19.6 Å². The first-order chi connectivity index (χ1) is 9.26. The Morgan fingerprint density at radius 2 is 1.89 bits per heavy atom. The number of hydrogen-bond acceptors (Lipinski definition) is 2. The van der Waals surface area contributed by atoms with Crippen molar-refractivity contribution in [1.29, 1.82) is 0 Å². The molecule has 2 heterocycles. The molecule has 0 radical (unpaired) electrons. The van der Waals surface area contributed by atoms with Crippen LogP contribution in [0.15, 0.2) is 30.3 Å². The zero-order chi connectivity index (χ0) is 12.9. The molecule has 2 nitrogen and oxygen atoms in total. The number of piperazine rings is 1. The highest BCUT2D eigenvalue weighted by atomic mass is 15.4. The molecule has 19 heavy (non-hydrogen) atoms. The molecule has 1 aromatic carbocycles. The molecule has 3 fully saturated rings. The van der Waals surface area contributed by atoms with Crippen LogP contribution < -0.4 is 0 Å². The molecule has 1 aromatic rings. The summed E-state index contributed by atoms with van der Waals surface area (Å²) in [6, 6.07) is 12.6. The summed E-state index contributed by atoms with van der Waals surface area (Å²) < 4.78 is 0. The lowest BCUT2D eigenvalue weighted by Crippen LogP contribution is -2.55. The predicted octanol–water partition coefficient (Wildman–Crippen LogP) is 3.06. The van der Waals surface area contributed by atoms with E-state index < -0.39 is 0 Å². The van der Waals surface area contributed by atoms with Crippen LogP contribution in [0.1, 0.15) is 44.2 Å². The summed E-state index contributed by atoms with van der Waals surface area (Å²) in [6.45, 7) is 6.31. The van der Waals surface area contributed by atoms with Gasteiger partial charge in [-0.15, -0.1) is 0 Å². The van der Waals surface area contributed by atoms with Crippen molar-refractivity contribution in [3.8, 4) is 0 Å². The predicted molar refractivity (Wildman–Crippen MR) is 78.1 cm³/mol. The summed E-state index contributed by atoms with van der Waals surface area (Å²) >= 11 is 0. The largest absolute Gasteiger partial charge is 0.297 e. The lowest BCUT2D eigenvalue weighted by atomic mass is 9.97. The molecular formula is C17H24N2. The van der Waals surface area contributed by atoms with E-state index in [1.807, 2.05) is 0 Å². The van der Waals surface area contributed by atoms with E-state index in [-0.39, 0.29) is 0 Å². The Morgan fingerprint density at radius 1 is 1.11 bits per heavy atom. The molecule has 0 bridgehead atoms. The van der Waals surface area contributed by atoms with Gasteiger partial charge < -0.3 is 0 Å². The minimum atomic E-state index is 0.495. The Morgan fingerprint density at radius 3 is 2.63 bits per heavy atom. The van der Waals surface area contributed by atoms with Crippen LogP contribution in [-0.4, -0.2) is 41.0 Å². The molecule has 2 unspecified atom stereocenters. The van der Waals surface area contributed by atoms with Gasteiger partial charge >= 0.3 is 0 Å². The zero-order valence-corrected chi connectivity index (χ0v) is 11.9. The fourth-order valence-electron chi connectivity index (χ4n) is 4.04. The van der Waals surface area contributed by atoms with Crippen molar-refractivity contribution in [2.45, 2.75) is 50.2 Å². The Bertz CT molecular complexity index is 452. The van der Waals surface area contributed by atoms with Gasteiger partial charge in [0.05, 0.1) is 0 Å². The van der Waals surface area contributed by atoms with Crippen molar-refractivity contribution in [1.82, 2.24) is 9.80 Å². The topological polar surface area (TPSA) is 6.48 Å². The quantitative estimate of drug-likeness (QED) is 0.802. The zero-order valence-electron chi connectivity index (χ0n) is 11.9. The van der Waals surface area contributed by atoms with Gasteiger partial charge in [0.1, 0.15) is 0 Å². The number of nitrogens with zero attached hydrogens (tertiary/aromatic N) is 2. The van der Waals surface area contributed by atoms with Crippen LogP contribution in [0.2, 0.25) is 0 Å². The molecule has 3 aliphatic rings. The van der Waals surface area contributed by atoms with Crippen LogP contribution in [0.4, 0.5) is 0 Å². The SMILES string of the molecule is CC1(N2CC3CCCN3CC2c2ccccc2)CC1. The molecule has 4 rings (SSSR count). The summed E-state index contributed by atoms with van der Waals surface area (Å²) in [5, 5.41) is 0. The molecule has 2 heteroatoms. The standard InChI is InChI=1S/C17H24N2/c1-17(9-10-17)19-12-15-8-5-11-18(15)13-16(19)14-6-3-2-4-7-14/h2-4,6-7,15-16H,5,8-13H2,1H3. The molecule has 2 atom stereocenters. The summed E-state index contributed by atoms with van der Waals surface area (Å²) in [4.78, 5) is 5.56. The maximum absolute atomic E-state index is 2.83. The molecule has 2 saturated heterocycles. The average Bonchev–Trinajstić information content (AvgIpc) is 3.03. The number of fused-ring (bicyclic) bond motifs is 1. The van der Waals surface area contributed by atoms with Gasteiger partial charge in [0, 0.05) is 30.7 Å². The fourth-order valence-corrected chi connectivity index (χ4v) is 4.04. The Labute approximate surface area is 116 Å². The third kappa shape index (κ3) is 2.02. The third-order valence-corrected chi connectivity index (χ3v) is 5.54. The monoisotopic (exact) mass is 256 g/mol. The molecule has 1 aliphatic carbocycles. The van der Waals surface area contributed by atoms with Gasteiger partial charge in [-0.05, 0) is 44.7 Å². The third-order valence-electron chi connectivity index (χ3n) is 5.54. The molecule has 2 aliphatic heterocycles. The molecule has 0 spiro atoms. The summed E-state index contributed by atoms with van der Waals surface area (Å²) in [5.74, 6) is 0. The van der Waals surface area contributed by atoms with E-state index in [1.54, 1.807) is 0 Å². The lowest BCUT2D eigenvalue weighted by Gasteiger charge is -2.47. The first kappa shape index (κ1) is 11.9. The summed E-state index contributed by atoms with van der Waals surface area (Å²) in [7, 11) is 0. The van der Waals surface area contributed by atoms with Crippen LogP contribution in [0.5, 0.6) is 0 Å². The van der Waals surface area contributed by atoms with Gasteiger partial charge in [-0.25, -0.2) is 0 Å². The number of rotatable bonds is 2. The van der Waals surface area contributed by atoms with Gasteiger partial charge in [-0.3, -0.25) is 9.80 Å². The molecule has 0 aromatic heterocycles. The Balaban J connectivity index is 1.65. The van der Waals surface area contributed by atoms with Crippen molar-refractivity contribution in [2.24, 2.45) is 0 Å². The van der Waals surface area contributed by atoms with Gasteiger partial charge in [-0.1, -0.05) is 30.3 Å². The normalized spacial score (nSPS) is 34.2. The summed E-state index contributed by atoms with van der Waals surface area (Å²) in [5.41, 5.74) is 2.01. The highest BCUT2D eigenvalue weighted by molar-refractivity contribution is 5.23. The molecule has 102 valence electrons. The van der Waals surface area contributed by atoms with Gasteiger partial charge in [0.2, 0.25) is 0 Å². The van der Waals surface area contributed by atoms with Crippen LogP contribution in [0.3, 0.4) is 0 Å². The second-order valence-corrected chi connectivity index (χ2v) is 6.87. The van der Waals surface area contributed by atoms with E-state index in [9.17, 15) is 0 Å². The van der Waals surface area contributed by atoms with E-state index in [0.717, 1.165) is 6.04 Å². The van der Waals surface area contributed by atoms with Crippen molar-refractivity contribution < 1.29 is 0 Å².